The van der Waals surface area contributed by atoms with Crippen molar-refractivity contribution in [2.45, 2.75) is 32.1 Å². The maximum atomic E-state index is 12.7. The Morgan fingerprint density at radius 1 is 1.20 bits per heavy atom. The number of nitrogens with zero attached hydrogens (tertiary/aromatic N) is 1. The van der Waals surface area contributed by atoms with Gasteiger partial charge in [-0.3, -0.25) is 0 Å². The number of aryl methyl sites for hydroxylation is 1. The summed E-state index contributed by atoms with van der Waals surface area (Å²) in [5, 5.41) is 0. The Bertz CT molecular complexity index is 573. The van der Waals surface area contributed by atoms with E-state index in [2.05, 4.69) is 13.8 Å². The van der Waals surface area contributed by atoms with Gasteiger partial charge in [0.1, 0.15) is 5.75 Å². The predicted molar refractivity (Wildman–Crippen MR) is 79.4 cm³/mol. The van der Waals surface area contributed by atoms with Crippen LogP contribution < -0.4 is 4.74 Å². The van der Waals surface area contributed by atoms with E-state index in [0.717, 1.165) is 12.0 Å². The highest BCUT2D eigenvalue weighted by Gasteiger charge is 2.31. The monoisotopic (exact) mass is 297 g/mol. The summed E-state index contributed by atoms with van der Waals surface area (Å²) in [7, 11) is -1.81. The minimum atomic E-state index is -3.40. The van der Waals surface area contributed by atoms with Crippen LogP contribution in [0.25, 0.3) is 0 Å². The first kappa shape index (κ1) is 15.3. The van der Waals surface area contributed by atoms with E-state index >= 15 is 0 Å². The van der Waals surface area contributed by atoms with Crippen LogP contribution in [-0.2, 0) is 10.0 Å². The molecule has 0 amide bonds. The van der Waals surface area contributed by atoms with Crippen LogP contribution in [0.5, 0.6) is 5.75 Å². The second-order valence-electron chi connectivity index (χ2n) is 5.90. The van der Waals surface area contributed by atoms with Crippen molar-refractivity contribution >= 4 is 10.0 Å². The molecule has 112 valence electrons. The molecule has 1 aromatic rings. The van der Waals surface area contributed by atoms with Gasteiger partial charge in [0.25, 0.3) is 0 Å². The minimum absolute atomic E-state index is 0.358. The van der Waals surface area contributed by atoms with E-state index in [-0.39, 0.29) is 0 Å². The van der Waals surface area contributed by atoms with E-state index in [1.54, 1.807) is 29.6 Å². The molecule has 20 heavy (non-hydrogen) atoms. The molecular formula is C15H23NO3S. The molecule has 1 fully saturated rings. The Labute approximate surface area is 121 Å². The van der Waals surface area contributed by atoms with Crippen molar-refractivity contribution in [1.29, 1.82) is 0 Å². The molecule has 1 aliphatic heterocycles. The predicted octanol–water partition coefficient (Wildman–Crippen LogP) is 2.67. The highest BCUT2D eigenvalue weighted by molar-refractivity contribution is 7.89. The number of hydrogen-bond acceptors (Lipinski definition) is 3. The quantitative estimate of drug-likeness (QED) is 0.861. The number of sulfonamides is 1. The third kappa shape index (κ3) is 2.99. The number of methoxy groups -OCH3 is 1. The van der Waals surface area contributed by atoms with Crippen LogP contribution in [0.15, 0.2) is 23.1 Å². The van der Waals surface area contributed by atoms with Crippen LogP contribution in [0.1, 0.15) is 25.8 Å². The highest BCUT2D eigenvalue weighted by Crippen LogP contribution is 2.28. The van der Waals surface area contributed by atoms with Gasteiger partial charge >= 0.3 is 0 Å². The minimum Gasteiger partial charge on any atom is -0.496 e. The van der Waals surface area contributed by atoms with Gasteiger partial charge in [-0.05, 0) is 48.9 Å². The zero-order valence-corrected chi connectivity index (χ0v) is 13.4. The van der Waals surface area contributed by atoms with Gasteiger partial charge in [-0.15, -0.1) is 0 Å². The molecule has 1 heterocycles. The third-order valence-corrected chi connectivity index (χ3v) is 5.67. The molecule has 1 saturated heterocycles. The van der Waals surface area contributed by atoms with Gasteiger partial charge in [-0.2, -0.15) is 4.31 Å². The number of ether oxygens (including phenoxy) is 1. The fraction of sp³-hybridized carbons (Fsp3) is 0.600. The first-order valence-electron chi connectivity index (χ1n) is 6.99. The molecule has 5 heteroatoms. The van der Waals surface area contributed by atoms with Crippen LogP contribution in [0, 0.1) is 18.8 Å². The molecule has 0 aliphatic carbocycles. The SMILES string of the molecule is COc1ccc(S(=O)(=O)N2C[C@H](C)C[C@@H](C)C2)cc1C. The van der Waals surface area contributed by atoms with E-state index in [9.17, 15) is 8.42 Å². The average molecular weight is 297 g/mol. The summed E-state index contributed by atoms with van der Waals surface area (Å²) in [4.78, 5) is 0.358. The summed E-state index contributed by atoms with van der Waals surface area (Å²) < 4.78 is 32.2. The molecule has 2 rings (SSSR count). The fourth-order valence-corrected chi connectivity index (χ4v) is 4.73. The van der Waals surface area contributed by atoms with Gasteiger partial charge in [0.05, 0.1) is 12.0 Å². The van der Waals surface area contributed by atoms with Crippen LogP contribution in [0.4, 0.5) is 0 Å². The summed E-state index contributed by atoms with van der Waals surface area (Å²) in [5.41, 5.74) is 0.840. The maximum absolute atomic E-state index is 12.7. The molecule has 0 N–H and O–H groups in total. The lowest BCUT2D eigenvalue weighted by molar-refractivity contribution is 0.222. The summed E-state index contributed by atoms with van der Waals surface area (Å²) in [6, 6.07) is 5.04. The second kappa shape index (κ2) is 5.74. The van der Waals surface area contributed by atoms with Crippen LogP contribution in [0.2, 0.25) is 0 Å². The maximum Gasteiger partial charge on any atom is 0.243 e. The molecule has 2 atom stereocenters. The zero-order valence-electron chi connectivity index (χ0n) is 12.6. The second-order valence-corrected chi connectivity index (χ2v) is 7.84. The van der Waals surface area contributed by atoms with Crippen LogP contribution in [0.3, 0.4) is 0 Å². The molecular weight excluding hydrogens is 274 g/mol. The van der Waals surface area contributed by atoms with Crippen molar-refractivity contribution in [3.63, 3.8) is 0 Å². The Kier molecular flexibility index (Phi) is 4.39. The van der Waals surface area contributed by atoms with Gasteiger partial charge in [0.15, 0.2) is 0 Å². The molecule has 4 nitrogen and oxygen atoms in total. The first-order valence-corrected chi connectivity index (χ1v) is 8.43. The Morgan fingerprint density at radius 2 is 1.80 bits per heavy atom. The van der Waals surface area contributed by atoms with Gasteiger partial charge in [0.2, 0.25) is 10.0 Å². The fourth-order valence-electron chi connectivity index (χ4n) is 2.96. The normalized spacial score (nSPS) is 24.6. The molecule has 0 spiro atoms. The van der Waals surface area contributed by atoms with Gasteiger partial charge in [0, 0.05) is 13.1 Å². The van der Waals surface area contributed by atoms with Crippen molar-refractivity contribution in [2.24, 2.45) is 11.8 Å². The smallest absolute Gasteiger partial charge is 0.243 e. The number of rotatable bonds is 3. The van der Waals surface area contributed by atoms with E-state index in [0.29, 0.717) is 35.6 Å². The lowest BCUT2D eigenvalue weighted by Gasteiger charge is -2.34. The topological polar surface area (TPSA) is 46.6 Å². The Morgan fingerprint density at radius 3 is 2.30 bits per heavy atom. The summed E-state index contributed by atoms with van der Waals surface area (Å²) in [5.74, 6) is 1.53. The van der Waals surface area contributed by atoms with Gasteiger partial charge in [-0.1, -0.05) is 13.8 Å². The number of benzene rings is 1. The summed E-state index contributed by atoms with van der Waals surface area (Å²) in [6.45, 7) is 7.30. The van der Waals surface area contributed by atoms with E-state index in [1.165, 1.54) is 0 Å². The molecule has 1 aliphatic rings. The van der Waals surface area contributed by atoms with Crippen LogP contribution >= 0.6 is 0 Å². The van der Waals surface area contributed by atoms with Crippen molar-refractivity contribution in [3.8, 4) is 5.75 Å². The largest absolute Gasteiger partial charge is 0.496 e. The number of piperidine rings is 1. The van der Waals surface area contributed by atoms with Gasteiger partial charge < -0.3 is 4.74 Å². The van der Waals surface area contributed by atoms with Crippen LogP contribution in [-0.4, -0.2) is 32.9 Å². The molecule has 0 bridgehead atoms. The lowest BCUT2D eigenvalue weighted by Crippen LogP contribution is -2.42. The van der Waals surface area contributed by atoms with Crippen molar-refractivity contribution in [1.82, 2.24) is 4.31 Å². The van der Waals surface area contributed by atoms with E-state index in [1.807, 2.05) is 6.92 Å². The molecule has 0 unspecified atom stereocenters. The zero-order chi connectivity index (χ0) is 14.9. The van der Waals surface area contributed by atoms with Crippen molar-refractivity contribution < 1.29 is 13.2 Å². The van der Waals surface area contributed by atoms with E-state index < -0.39 is 10.0 Å². The third-order valence-electron chi connectivity index (χ3n) is 3.84. The Balaban J connectivity index is 2.32. The summed E-state index contributed by atoms with van der Waals surface area (Å²) >= 11 is 0. The van der Waals surface area contributed by atoms with E-state index in [4.69, 9.17) is 4.74 Å². The Hall–Kier alpha value is -1.07. The standard InChI is InChI=1S/C15H23NO3S/c1-11-7-12(2)10-16(9-11)20(17,18)14-5-6-15(19-4)13(3)8-14/h5-6,8,11-12H,7,9-10H2,1-4H3/t11-,12-/m1/s1. The van der Waals surface area contributed by atoms with Gasteiger partial charge in [-0.25, -0.2) is 8.42 Å². The first-order chi connectivity index (χ1) is 9.34. The molecule has 0 aromatic heterocycles. The number of hydrogen-bond donors (Lipinski definition) is 0. The highest BCUT2D eigenvalue weighted by atomic mass is 32.2. The average Bonchev–Trinajstić information content (AvgIpc) is 2.37. The lowest BCUT2D eigenvalue weighted by atomic mass is 9.94. The summed E-state index contributed by atoms with van der Waals surface area (Å²) in [6.07, 6.45) is 1.09. The molecule has 0 radical (unpaired) electrons. The van der Waals surface area contributed by atoms with Crippen molar-refractivity contribution in [2.75, 3.05) is 20.2 Å². The molecule has 0 saturated carbocycles. The van der Waals surface area contributed by atoms with Crippen molar-refractivity contribution in [3.05, 3.63) is 23.8 Å². The molecule has 1 aromatic carbocycles.